The molecule has 1 N–H and O–H groups in total. The molecule has 6 heteroatoms. The average molecular weight is 275 g/mol. The molecule has 1 aliphatic rings. The Morgan fingerprint density at radius 2 is 2.37 bits per heavy atom. The van der Waals surface area contributed by atoms with E-state index in [1.165, 1.54) is 6.33 Å². The molecule has 0 saturated carbocycles. The first-order valence-electron chi connectivity index (χ1n) is 6.01. The fourth-order valence-corrected chi connectivity index (χ4v) is 3.33. The van der Waals surface area contributed by atoms with Gasteiger partial charge >= 0.3 is 5.97 Å². The van der Waals surface area contributed by atoms with Crippen LogP contribution >= 0.6 is 11.3 Å². The molecular weight excluding hydrogens is 262 g/mol. The molecule has 19 heavy (non-hydrogen) atoms. The van der Waals surface area contributed by atoms with E-state index in [1.54, 1.807) is 11.3 Å². The summed E-state index contributed by atoms with van der Waals surface area (Å²) in [7, 11) is 0. The van der Waals surface area contributed by atoms with Gasteiger partial charge in [0.2, 0.25) is 0 Å². The second-order valence-corrected chi connectivity index (χ2v) is 5.50. The van der Waals surface area contributed by atoms with E-state index in [0.29, 0.717) is 12.4 Å². The number of thiophene rings is 1. The van der Waals surface area contributed by atoms with Crippen LogP contribution in [0.3, 0.4) is 0 Å². The van der Waals surface area contributed by atoms with Crippen molar-refractivity contribution in [1.82, 2.24) is 9.97 Å². The van der Waals surface area contributed by atoms with E-state index in [-0.39, 0.29) is 0 Å². The van der Waals surface area contributed by atoms with Crippen molar-refractivity contribution < 1.29 is 9.90 Å². The van der Waals surface area contributed by atoms with Crippen molar-refractivity contribution in [2.24, 2.45) is 0 Å². The Hall–Kier alpha value is -1.95. The number of fused-ring (bicyclic) bond motifs is 1. The molecule has 3 rings (SSSR count). The lowest BCUT2D eigenvalue weighted by Crippen LogP contribution is -2.39. The van der Waals surface area contributed by atoms with Crippen LogP contribution in [0, 0.1) is 6.92 Å². The van der Waals surface area contributed by atoms with Crippen LogP contribution in [0.1, 0.15) is 22.2 Å². The molecule has 1 atom stereocenters. The van der Waals surface area contributed by atoms with E-state index < -0.39 is 12.0 Å². The maximum absolute atomic E-state index is 11.6. The Balaban J connectivity index is 2.05. The van der Waals surface area contributed by atoms with E-state index in [4.69, 9.17) is 0 Å². The number of carbonyl (C=O) groups is 1. The van der Waals surface area contributed by atoms with Gasteiger partial charge in [0.25, 0.3) is 0 Å². The van der Waals surface area contributed by atoms with Crippen LogP contribution in [-0.2, 0) is 11.2 Å². The third-order valence-electron chi connectivity index (χ3n) is 3.28. The van der Waals surface area contributed by atoms with E-state index in [0.717, 1.165) is 22.6 Å². The van der Waals surface area contributed by atoms with E-state index in [1.807, 2.05) is 29.3 Å². The Kier molecular flexibility index (Phi) is 2.94. The van der Waals surface area contributed by atoms with Crippen LogP contribution in [0.5, 0.6) is 0 Å². The Labute approximate surface area is 114 Å². The van der Waals surface area contributed by atoms with E-state index >= 15 is 0 Å². The third kappa shape index (κ3) is 2.08. The van der Waals surface area contributed by atoms with Gasteiger partial charge in [0.05, 0.1) is 0 Å². The maximum atomic E-state index is 11.6. The molecule has 0 bridgehead atoms. The van der Waals surface area contributed by atoms with Gasteiger partial charge in [-0.05, 0) is 30.4 Å². The first-order chi connectivity index (χ1) is 9.16. The summed E-state index contributed by atoms with van der Waals surface area (Å²) in [5, 5.41) is 11.5. The van der Waals surface area contributed by atoms with Crippen LogP contribution in [0.4, 0.5) is 5.82 Å². The maximum Gasteiger partial charge on any atom is 0.331 e. The second kappa shape index (κ2) is 4.62. The predicted molar refractivity (Wildman–Crippen MR) is 72.5 cm³/mol. The highest BCUT2D eigenvalue weighted by molar-refractivity contribution is 7.10. The molecule has 0 amide bonds. The molecule has 0 radical (unpaired) electrons. The smallest absolute Gasteiger partial charge is 0.331 e. The summed E-state index contributed by atoms with van der Waals surface area (Å²) >= 11 is 1.62. The largest absolute Gasteiger partial charge is 0.479 e. The standard InChI is InChI=1S/C13H13N3O2S/c1-8-6-11(15-7-14-8)16-4-2-10-9(3-5-19-10)12(16)13(17)18/h3,5-7,12H,2,4H2,1H3,(H,17,18). The minimum atomic E-state index is -0.837. The lowest BCUT2D eigenvalue weighted by Gasteiger charge is -2.34. The minimum absolute atomic E-state index is 0.649. The van der Waals surface area contributed by atoms with Crippen LogP contribution in [0.15, 0.2) is 23.8 Å². The number of aryl methyl sites for hydroxylation is 1. The van der Waals surface area contributed by atoms with Crippen LogP contribution < -0.4 is 4.90 Å². The zero-order chi connectivity index (χ0) is 13.4. The predicted octanol–water partition coefficient (Wildman–Crippen LogP) is 2.03. The average Bonchev–Trinajstić information content (AvgIpc) is 2.85. The summed E-state index contributed by atoms with van der Waals surface area (Å²) in [5.74, 6) is -0.160. The highest BCUT2D eigenvalue weighted by atomic mass is 32.1. The van der Waals surface area contributed by atoms with Gasteiger partial charge in [-0.1, -0.05) is 0 Å². The van der Waals surface area contributed by atoms with Gasteiger partial charge < -0.3 is 10.0 Å². The van der Waals surface area contributed by atoms with Crippen molar-refractivity contribution in [2.75, 3.05) is 11.4 Å². The Morgan fingerprint density at radius 1 is 1.53 bits per heavy atom. The highest BCUT2D eigenvalue weighted by Gasteiger charge is 2.34. The lowest BCUT2D eigenvalue weighted by molar-refractivity contribution is -0.138. The molecule has 2 aromatic heterocycles. The number of rotatable bonds is 2. The van der Waals surface area contributed by atoms with Crippen molar-refractivity contribution in [3.63, 3.8) is 0 Å². The summed E-state index contributed by atoms with van der Waals surface area (Å²) in [5.41, 5.74) is 1.73. The molecule has 0 fully saturated rings. The van der Waals surface area contributed by atoms with Gasteiger partial charge in [-0.15, -0.1) is 11.3 Å². The van der Waals surface area contributed by atoms with E-state index in [9.17, 15) is 9.90 Å². The fraction of sp³-hybridized carbons (Fsp3) is 0.308. The first kappa shape index (κ1) is 12.1. The Morgan fingerprint density at radius 3 is 3.11 bits per heavy atom. The summed E-state index contributed by atoms with van der Waals surface area (Å²) in [6.45, 7) is 2.54. The molecule has 0 aromatic carbocycles. The topological polar surface area (TPSA) is 66.3 Å². The number of hydrogen-bond donors (Lipinski definition) is 1. The number of carboxylic acids is 1. The molecular formula is C13H13N3O2S. The molecule has 3 heterocycles. The number of hydrogen-bond acceptors (Lipinski definition) is 5. The van der Waals surface area contributed by atoms with Gasteiger partial charge in [0.15, 0.2) is 6.04 Å². The Bertz CT molecular complexity index is 626. The van der Waals surface area contributed by atoms with Crippen LogP contribution in [0.2, 0.25) is 0 Å². The molecule has 0 saturated heterocycles. The SMILES string of the molecule is Cc1cc(N2CCc3sccc3C2C(=O)O)ncn1. The zero-order valence-electron chi connectivity index (χ0n) is 10.4. The number of anilines is 1. The molecule has 0 aliphatic carbocycles. The molecule has 1 unspecified atom stereocenters. The van der Waals surface area contributed by atoms with Crippen LogP contribution in [0.25, 0.3) is 0 Å². The van der Waals surface area contributed by atoms with Gasteiger partial charge in [-0.3, -0.25) is 0 Å². The van der Waals surface area contributed by atoms with Gasteiger partial charge in [-0.25, -0.2) is 14.8 Å². The number of nitrogens with zero attached hydrogens (tertiary/aromatic N) is 3. The van der Waals surface area contributed by atoms with Crippen molar-refractivity contribution >= 4 is 23.1 Å². The molecule has 0 spiro atoms. The minimum Gasteiger partial charge on any atom is -0.479 e. The normalized spacial score (nSPS) is 18.2. The number of aromatic nitrogens is 2. The van der Waals surface area contributed by atoms with Crippen molar-refractivity contribution in [1.29, 1.82) is 0 Å². The fourth-order valence-electron chi connectivity index (χ4n) is 2.43. The molecule has 5 nitrogen and oxygen atoms in total. The number of aliphatic carboxylic acids is 1. The lowest BCUT2D eigenvalue weighted by atomic mass is 10.00. The van der Waals surface area contributed by atoms with E-state index in [2.05, 4.69) is 9.97 Å². The van der Waals surface area contributed by atoms with Crippen molar-refractivity contribution in [3.8, 4) is 0 Å². The van der Waals surface area contributed by atoms with Gasteiger partial charge in [0, 0.05) is 23.2 Å². The summed E-state index contributed by atoms with van der Waals surface area (Å²) in [6, 6.07) is 3.08. The molecule has 98 valence electrons. The summed E-state index contributed by atoms with van der Waals surface area (Å²) < 4.78 is 0. The van der Waals surface area contributed by atoms with Crippen LogP contribution in [-0.4, -0.2) is 27.6 Å². The highest BCUT2D eigenvalue weighted by Crippen LogP contribution is 2.35. The third-order valence-corrected chi connectivity index (χ3v) is 4.28. The van der Waals surface area contributed by atoms with Gasteiger partial charge in [-0.2, -0.15) is 0 Å². The van der Waals surface area contributed by atoms with Crippen molar-refractivity contribution in [3.05, 3.63) is 40.0 Å². The zero-order valence-corrected chi connectivity index (χ0v) is 11.2. The quantitative estimate of drug-likeness (QED) is 0.908. The second-order valence-electron chi connectivity index (χ2n) is 4.50. The summed E-state index contributed by atoms with van der Waals surface area (Å²) in [6.07, 6.45) is 2.34. The molecule has 1 aliphatic heterocycles. The summed E-state index contributed by atoms with van der Waals surface area (Å²) in [4.78, 5) is 22.9. The van der Waals surface area contributed by atoms with Gasteiger partial charge in [0.1, 0.15) is 12.1 Å². The number of carboxylic acid groups (broad SMARTS) is 1. The molecule has 2 aromatic rings. The monoisotopic (exact) mass is 275 g/mol. The van der Waals surface area contributed by atoms with Crippen molar-refractivity contribution in [2.45, 2.75) is 19.4 Å². The first-order valence-corrected chi connectivity index (χ1v) is 6.89.